The van der Waals surface area contributed by atoms with Crippen molar-refractivity contribution < 1.29 is 9.90 Å². The van der Waals surface area contributed by atoms with Crippen molar-refractivity contribution in [3.63, 3.8) is 0 Å². The maximum Gasteiger partial charge on any atom is 0.335 e. The Morgan fingerprint density at radius 2 is 2.00 bits per heavy atom. The molecule has 0 saturated carbocycles. The van der Waals surface area contributed by atoms with Crippen LogP contribution in [0.1, 0.15) is 21.7 Å². The molecule has 2 heterocycles. The average molecular weight is 268 g/mol. The van der Waals surface area contributed by atoms with Gasteiger partial charge in [-0.15, -0.1) is 10.2 Å². The van der Waals surface area contributed by atoms with Crippen molar-refractivity contribution >= 4 is 11.7 Å². The first-order valence-electron chi connectivity index (χ1n) is 6.09. The zero-order valence-corrected chi connectivity index (χ0v) is 11.0. The minimum atomic E-state index is -0.966. The van der Waals surface area contributed by atoms with Crippen LogP contribution in [0.3, 0.4) is 0 Å². The Bertz CT molecular complexity index is 823. The van der Waals surface area contributed by atoms with Gasteiger partial charge in [0.25, 0.3) is 5.78 Å². The van der Waals surface area contributed by atoms with Gasteiger partial charge in [0.05, 0.1) is 5.56 Å². The summed E-state index contributed by atoms with van der Waals surface area (Å²) >= 11 is 0. The Hall–Kier alpha value is -2.76. The van der Waals surface area contributed by atoms with Crippen LogP contribution in [0, 0.1) is 13.8 Å². The van der Waals surface area contributed by atoms with Gasteiger partial charge in [-0.25, -0.2) is 9.78 Å². The first kappa shape index (κ1) is 12.3. The zero-order valence-electron chi connectivity index (χ0n) is 11.0. The standard InChI is InChI=1S/C14H12N4O2/c1-8-6-9(2)18-12(16-17-14(18)15-8)10-4-3-5-11(7-10)13(19)20/h3-7H,1-2H3,(H,19,20). The van der Waals surface area contributed by atoms with Crippen LogP contribution >= 0.6 is 0 Å². The molecule has 0 amide bonds. The van der Waals surface area contributed by atoms with E-state index in [1.807, 2.05) is 30.4 Å². The van der Waals surface area contributed by atoms with Crippen molar-refractivity contribution in [2.75, 3.05) is 0 Å². The predicted molar refractivity (Wildman–Crippen MR) is 72.7 cm³/mol. The van der Waals surface area contributed by atoms with E-state index in [-0.39, 0.29) is 5.56 Å². The molecule has 0 aliphatic carbocycles. The van der Waals surface area contributed by atoms with E-state index in [2.05, 4.69) is 15.2 Å². The van der Waals surface area contributed by atoms with Crippen LogP contribution in [0.2, 0.25) is 0 Å². The van der Waals surface area contributed by atoms with Gasteiger partial charge in [0.1, 0.15) is 0 Å². The van der Waals surface area contributed by atoms with Gasteiger partial charge in [-0.2, -0.15) is 0 Å². The quantitative estimate of drug-likeness (QED) is 0.769. The van der Waals surface area contributed by atoms with Crippen molar-refractivity contribution in [3.8, 4) is 11.4 Å². The van der Waals surface area contributed by atoms with Gasteiger partial charge in [0, 0.05) is 17.0 Å². The van der Waals surface area contributed by atoms with Gasteiger partial charge in [0.15, 0.2) is 5.82 Å². The fourth-order valence-corrected chi connectivity index (χ4v) is 2.21. The van der Waals surface area contributed by atoms with Crippen LogP contribution < -0.4 is 0 Å². The topological polar surface area (TPSA) is 80.4 Å². The van der Waals surface area contributed by atoms with E-state index in [1.165, 1.54) is 0 Å². The lowest BCUT2D eigenvalue weighted by molar-refractivity contribution is 0.0697. The summed E-state index contributed by atoms with van der Waals surface area (Å²) in [7, 11) is 0. The average Bonchev–Trinajstić information content (AvgIpc) is 2.82. The predicted octanol–water partition coefficient (Wildman–Crippen LogP) is 2.11. The molecule has 6 nitrogen and oxygen atoms in total. The number of carboxylic acids is 1. The van der Waals surface area contributed by atoms with Gasteiger partial charge >= 0.3 is 5.97 Å². The van der Waals surface area contributed by atoms with Crippen molar-refractivity contribution in [3.05, 3.63) is 47.3 Å². The molecule has 1 aromatic carbocycles. The second-order valence-corrected chi connectivity index (χ2v) is 4.58. The molecule has 2 aromatic heterocycles. The van der Waals surface area contributed by atoms with E-state index in [0.29, 0.717) is 17.2 Å². The minimum Gasteiger partial charge on any atom is -0.478 e. The van der Waals surface area contributed by atoms with Crippen LogP contribution in [-0.4, -0.2) is 30.7 Å². The lowest BCUT2D eigenvalue weighted by Crippen LogP contribution is -2.00. The molecule has 0 unspecified atom stereocenters. The minimum absolute atomic E-state index is 0.219. The van der Waals surface area contributed by atoms with E-state index in [9.17, 15) is 4.79 Å². The van der Waals surface area contributed by atoms with Crippen LogP contribution in [0.15, 0.2) is 30.3 Å². The number of carboxylic acid groups (broad SMARTS) is 1. The number of benzene rings is 1. The number of aryl methyl sites for hydroxylation is 2. The normalized spacial score (nSPS) is 10.9. The molecule has 6 heteroatoms. The molecule has 1 N–H and O–H groups in total. The van der Waals surface area contributed by atoms with E-state index in [1.54, 1.807) is 18.2 Å². The second kappa shape index (κ2) is 4.41. The van der Waals surface area contributed by atoms with Crippen molar-refractivity contribution in [2.45, 2.75) is 13.8 Å². The summed E-state index contributed by atoms with van der Waals surface area (Å²) in [6.07, 6.45) is 0. The number of rotatable bonds is 2. The maximum atomic E-state index is 11.0. The first-order chi connectivity index (χ1) is 9.56. The van der Waals surface area contributed by atoms with Crippen molar-refractivity contribution in [2.24, 2.45) is 0 Å². The maximum absolute atomic E-state index is 11.0. The highest BCUT2D eigenvalue weighted by atomic mass is 16.4. The molecule has 0 fully saturated rings. The van der Waals surface area contributed by atoms with E-state index < -0.39 is 5.97 Å². The van der Waals surface area contributed by atoms with Crippen LogP contribution in [0.4, 0.5) is 0 Å². The molecular formula is C14H12N4O2. The number of nitrogens with zero attached hydrogens (tertiary/aromatic N) is 4. The lowest BCUT2D eigenvalue weighted by atomic mass is 10.1. The van der Waals surface area contributed by atoms with Gasteiger partial charge in [0.2, 0.25) is 0 Å². The largest absolute Gasteiger partial charge is 0.478 e. The Kier molecular flexibility index (Phi) is 2.71. The third-order valence-electron chi connectivity index (χ3n) is 3.06. The Morgan fingerprint density at radius 1 is 1.20 bits per heavy atom. The molecule has 3 rings (SSSR count). The van der Waals surface area contributed by atoms with Crippen molar-refractivity contribution in [1.29, 1.82) is 0 Å². The molecule has 100 valence electrons. The van der Waals surface area contributed by atoms with Crippen molar-refractivity contribution in [1.82, 2.24) is 19.6 Å². The molecule has 0 spiro atoms. The zero-order chi connectivity index (χ0) is 14.3. The summed E-state index contributed by atoms with van der Waals surface area (Å²) in [6, 6.07) is 8.56. The third kappa shape index (κ3) is 1.91. The Morgan fingerprint density at radius 3 is 2.75 bits per heavy atom. The number of hydrogen-bond donors (Lipinski definition) is 1. The summed E-state index contributed by atoms with van der Waals surface area (Å²) in [6.45, 7) is 3.84. The highest BCUT2D eigenvalue weighted by molar-refractivity contribution is 5.89. The van der Waals surface area contributed by atoms with E-state index >= 15 is 0 Å². The first-order valence-corrected chi connectivity index (χ1v) is 6.09. The Balaban J connectivity index is 2.25. The number of aromatic nitrogens is 4. The fourth-order valence-electron chi connectivity index (χ4n) is 2.21. The lowest BCUT2D eigenvalue weighted by Gasteiger charge is -2.05. The molecule has 0 bridgehead atoms. The molecule has 0 saturated heterocycles. The molecule has 3 aromatic rings. The fraction of sp³-hybridized carbons (Fsp3) is 0.143. The molecular weight excluding hydrogens is 256 g/mol. The second-order valence-electron chi connectivity index (χ2n) is 4.58. The number of fused-ring (bicyclic) bond motifs is 1. The van der Waals surface area contributed by atoms with Crippen LogP contribution in [0.5, 0.6) is 0 Å². The van der Waals surface area contributed by atoms with Crippen LogP contribution in [0.25, 0.3) is 17.2 Å². The smallest absolute Gasteiger partial charge is 0.335 e. The summed E-state index contributed by atoms with van der Waals surface area (Å²) in [5, 5.41) is 17.2. The van der Waals surface area contributed by atoms with E-state index in [4.69, 9.17) is 5.11 Å². The van der Waals surface area contributed by atoms with Gasteiger partial charge in [-0.1, -0.05) is 12.1 Å². The Labute approximate surface area is 114 Å². The molecule has 20 heavy (non-hydrogen) atoms. The molecule has 0 radical (unpaired) electrons. The number of carbonyl (C=O) groups is 1. The summed E-state index contributed by atoms with van der Waals surface area (Å²) in [5.41, 5.74) is 2.74. The number of hydrogen-bond acceptors (Lipinski definition) is 4. The summed E-state index contributed by atoms with van der Waals surface area (Å²) in [4.78, 5) is 15.4. The van der Waals surface area contributed by atoms with Gasteiger partial charge in [-0.05, 0) is 32.0 Å². The molecule has 0 atom stereocenters. The molecule has 0 aliphatic rings. The van der Waals surface area contributed by atoms with Gasteiger partial charge < -0.3 is 5.11 Å². The summed E-state index contributed by atoms with van der Waals surface area (Å²) < 4.78 is 1.81. The van der Waals surface area contributed by atoms with Crippen LogP contribution in [-0.2, 0) is 0 Å². The number of aromatic carboxylic acids is 1. The third-order valence-corrected chi connectivity index (χ3v) is 3.06. The highest BCUT2D eigenvalue weighted by Gasteiger charge is 2.13. The van der Waals surface area contributed by atoms with E-state index in [0.717, 1.165) is 11.4 Å². The SMILES string of the molecule is Cc1cc(C)n2c(-c3cccc(C(=O)O)c3)nnc2n1. The summed E-state index contributed by atoms with van der Waals surface area (Å²) in [5.74, 6) is 0.137. The highest BCUT2D eigenvalue weighted by Crippen LogP contribution is 2.20. The van der Waals surface area contributed by atoms with Gasteiger partial charge in [-0.3, -0.25) is 4.40 Å². The molecule has 0 aliphatic heterocycles. The monoisotopic (exact) mass is 268 g/mol.